The van der Waals surface area contributed by atoms with Gasteiger partial charge in [-0.2, -0.15) is 12.6 Å². The van der Waals surface area contributed by atoms with E-state index in [4.69, 9.17) is 4.74 Å². The fourth-order valence-corrected chi connectivity index (χ4v) is 3.39. The van der Waals surface area contributed by atoms with Gasteiger partial charge < -0.3 is 14.5 Å². The van der Waals surface area contributed by atoms with Crippen molar-refractivity contribution in [1.29, 1.82) is 0 Å². The third-order valence-corrected chi connectivity index (χ3v) is 4.75. The van der Waals surface area contributed by atoms with Crippen LogP contribution in [0.2, 0.25) is 0 Å². The van der Waals surface area contributed by atoms with Gasteiger partial charge in [0.25, 0.3) is 0 Å². The molecule has 0 aromatic rings. The fourth-order valence-electron chi connectivity index (χ4n) is 3.15. The maximum atomic E-state index is 12.3. The first-order valence-corrected chi connectivity index (χ1v) is 8.81. The lowest BCUT2D eigenvalue weighted by Crippen LogP contribution is -2.46. The summed E-state index contributed by atoms with van der Waals surface area (Å²) in [5.41, 5.74) is -0.487. The van der Waals surface area contributed by atoms with Gasteiger partial charge in [-0.05, 0) is 51.7 Å². The Labute approximate surface area is 138 Å². The van der Waals surface area contributed by atoms with Crippen molar-refractivity contribution < 1.29 is 14.3 Å². The molecule has 0 radical (unpaired) electrons. The maximum absolute atomic E-state index is 12.3. The van der Waals surface area contributed by atoms with E-state index < -0.39 is 5.60 Å². The number of amides is 2. The van der Waals surface area contributed by atoms with Gasteiger partial charge in [0.1, 0.15) is 5.60 Å². The Bertz CT molecular complexity index is 422. The van der Waals surface area contributed by atoms with Crippen LogP contribution in [0.15, 0.2) is 0 Å². The number of carbonyl (C=O) groups excluding carboxylic acids is 2. The molecule has 0 aromatic carbocycles. The Hall–Kier alpha value is -0.910. The Balaban J connectivity index is 2.01. The van der Waals surface area contributed by atoms with Crippen LogP contribution in [0.5, 0.6) is 0 Å². The summed E-state index contributed by atoms with van der Waals surface area (Å²) in [7, 11) is 0. The zero-order chi connectivity index (χ0) is 16.3. The lowest BCUT2D eigenvalue weighted by molar-refractivity contribution is -0.130. The first-order chi connectivity index (χ1) is 10.3. The standard InChI is InChI=1S/C16H28N2O3S/c1-16(2,3)21-15(20)17-7-5-4-6-13(10-17)18-9-12(11-22)8-14(18)19/h12-13,22H,4-11H2,1-3H3. The SMILES string of the molecule is CC(C)(C)OC(=O)N1CCCCC(N2CC(CS)CC2=O)C1. The first-order valence-electron chi connectivity index (χ1n) is 8.18. The normalized spacial score (nSPS) is 27.0. The summed E-state index contributed by atoms with van der Waals surface area (Å²) in [5, 5.41) is 0. The van der Waals surface area contributed by atoms with Gasteiger partial charge in [0.2, 0.25) is 5.91 Å². The van der Waals surface area contributed by atoms with Crippen LogP contribution in [0.25, 0.3) is 0 Å². The molecule has 2 amide bonds. The fraction of sp³-hybridized carbons (Fsp3) is 0.875. The summed E-state index contributed by atoms with van der Waals surface area (Å²) >= 11 is 4.32. The van der Waals surface area contributed by atoms with Crippen molar-refractivity contribution in [1.82, 2.24) is 9.80 Å². The highest BCUT2D eigenvalue weighted by molar-refractivity contribution is 7.80. The van der Waals surface area contributed by atoms with E-state index in [1.54, 1.807) is 4.90 Å². The zero-order valence-corrected chi connectivity index (χ0v) is 14.8. The summed E-state index contributed by atoms with van der Waals surface area (Å²) in [4.78, 5) is 28.3. The Morgan fingerprint density at radius 1 is 1.32 bits per heavy atom. The molecule has 6 heteroatoms. The van der Waals surface area contributed by atoms with Gasteiger partial charge in [0.15, 0.2) is 0 Å². The molecule has 126 valence electrons. The number of nitrogens with zero attached hydrogens (tertiary/aromatic N) is 2. The molecule has 0 bridgehead atoms. The van der Waals surface area contributed by atoms with E-state index in [-0.39, 0.29) is 18.0 Å². The minimum Gasteiger partial charge on any atom is -0.444 e. The Morgan fingerprint density at radius 3 is 2.64 bits per heavy atom. The quantitative estimate of drug-likeness (QED) is 0.793. The molecule has 2 fully saturated rings. The van der Waals surface area contributed by atoms with Gasteiger partial charge in [-0.25, -0.2) is 4.79 Å². The van der Waals surface area contributed by atoms with Gasteiger partial charge in [0.05, 0.1) is 0 Å². The smallest absolute Gasteiger partial charge is 0.410 e. The van der Waals surface area contributed by atoms with Crippen molar-refractivity contribution in [3.05, 3.63) is 0 Å². The largest absolute Gasteiger partial charge is 0.444 e. The second-order valence-corrected chi connectivity index (χ2v) is 7.74. The van der Waals surface area contributed by atoms with E-state index in [0.29, 0.717) is 25.4 Å². The average Bonchev–Trinajstić information content (AvgIpc) is 2.64. The molecule has 2 aliphatic heterocycles. The van der Waals surface area contributed by atoms with E-state index in [9.17, 15) is 9.59 Å². The molecule has 2 saturated heterocycles. The number of hydrogen-bond acceptors (Lipinski definition) is 4. The lowest BCUT2D eigenvalue weighted by atomic mass is 10.1. The number of thiol groups is 1. The van der Waals surface area contributed by atoms with Crippen LogP contribution in [0, 0.1) is 5.92 Å². The van der Waals surface area contributed by atoms with Crippen molar-refractivity contribution in [2.75, 3.05) is 25.4 Å². The number of ether oxygens (including phenoxy) is 1. The molecule has 0 saturated carbocycles. The summed E-state index contributed by atoms with van der Waals surface area (Å²) in [6.07, 6.45) is 3.29. The summed E-state index contributed by atoms with van der Waals surface area (Å²) in [5.74, 6) is 1.29. The lowest BCUT2D eigenvalue weighted by Gasteiger charge is -2.32. The highest BCUT2D eigenvalue weighted by Crippen LogP contribution is 2.26. The predicted molar refractivity (Wildman–Crippen MR) is 89.1 cm³/mol. The van der Waals surface area contributed by atoms with E-state index >= 15 is 0 Å². The van der Waals surface area contributed by atoms with E-state index in [1.165, 1.54) is 0 Å². The first kappa shape index (κ1) is 17.4. The van der Waals surface area contributed by atoms with Gasteiger partial charge >= 0.3 is 6.09 Å². The van der Waals surface area contributed by atoms with Crippen LogP contribution in [0.4, 0.5) is 4.79 Å². The molecular weight excluding hydrogens is 300 g/mol. The highest BCUT2D eigenvalue weighted by Gasteiger charge is 2.36. The molecule has 2 unspecified atom stereocenters. The molecule has 2 rings (SSSR count). The Morgan fingerprint density at radius 2 is 2.05 bits per heavy atom. The number of carbonyl (C=O) groups is 2. The Kier molecular flexibility index (Phi) is 5.64. The van der Waals surface area contributed by atoms with E-state index in [1.807, 2.05) is 25.7 Å². The molecular formula is C16H28N2O3S. The van der Waals surface area contributed by atoms with Crippen molar-refractivity contribution in [3.63, 3.8) is 0 Å². The van der Waals surface area contributed by atoms with E-state index in [2.05, 4.69) is 12.6 Å². The molecule has 22 heavy (non-hydrogen) atoms. The highest BCUT2D eigenvalue weighted by atomic mass is 32.1. The molecule has 0 aromatic heterocycles. The molecule has 2 aliphatic rings. The molecule has 0 N–H and O–H groups in total. The van der Waals surface area contributed by atoms with Crippen LogP contribution in [-0.2, 0) is 9.53 Å². The minimum atomic E-state index is -0.487. The number of rotatable bonds is 2. The van der Waals surface area contributed by atoms with Gasteiger partial charge in [-0.15, -0.1) is 0 Å². The molecule has 2 atom stereocenters. The minimum absolute atomic E-state index is 0.118. The average molecular weight is 328 g/mol. The van der Waals surface area contributed by atoms with Gasteiger partial charge in [-0.3, -0.25) is 4.79 Å². The molecule has 0 spiro atoms. The second-order valence-electron chi connectivity index (χ2n) is 7.37. The van der Waals surface area contributed by atoms with Crippen molar-refractivity contribution in [3.8, 4) is 0 Å². The van der Waals surface area contributed by atoms with Gasteiger partial charge in [0, 0.05) is 32.1 Å². The van der Waals surface area contributed by atoms with Gasteiger partial charge in [-0.1, -0.05) is 0 Å². The summed E-state index contributed by atoms with van der Waals surface area (Å²) in [6.45, 7) is 7.70. The van der Waals surface area contributed by atoms with Crippen LogP contribution in [0.3, 0.4) is 0 Å². The van der Waals surface area contributed by atoms with Crippen LogP contribution in [-0.4, -0.2) is 58.8 Å². The predicted octanol–water partition coefficient (Wildman–Crippen LogP) is 2.55. The topological polar surface area (TPSA) is 49.9 Å². The number of hydrogen-bond donors (Lipinski definition) is 1. The van der Waals surface area contributed by atoms with Crippen molar-refractivity contribution >= 4 is 24.6 Å². The maximum Gasteiger partial charge on any atom is 0.410 e. The number of likely N-dealkylation sites (tertiary alicyclic amines) is 2. The van der Waals surface area contributed by atoms with Crippen LogP contribution < -0.4 is 0 Å². The van der Waals surface area contributed by atoms with E-state index in [0.717, 1.165) is 31.6 Å². The molecule has 2 heterocycles. The van der Waals surface area contributed by atoms with Crippen LogP contribution >= 0.6 is 12.6 Å². The summed E-state index contributed by atoms with van der Waals surface area (Å²) < 4.78 is 5.48. The third-order valence-electron chi connectivity index (χ3n) is 4.24. The van der Waals surface area contributed by atoms with Crippen molar-refractivity contribution in [2.45, 2.75) is 58.1 Å². The third kappa shape index (κ3) is 4.54. The zero-order valence-electron chi connectivity index (χ0n) is 13.9. The monoisotopic (exact) mass is 328 g/mol. The molecule has 0 aliphatic carbocycles. The second kappa shape index (κ2) is 7.11. The van der Waals surface area contributed by atoms with Crippen LogP contribution in [0.1, 0.15) is 46.5 Å². The van der Waals surface area contributed by atoms with Crippen molar-refractivity contribution in [2.24, 2.45) is 5.92 Å². The molecule has 5 nitrogen and oxygen atoms in total. The summed E-state index contributed by atoms with van der Waals surface area (Å²) in [6, 6.07) is 0.118.